The van der Waals surface area contributed by atoms with E-state index in [4.69, 9.17) is 22.1 Å². The van der Waals surface area contributed by atoms with Crippen molar-refractivity contribution in [1.82, 2.24) is 0 Å². The van der Waals surface area contributed by atoms with Gasteiger partial charge in [0.1, 0.15) is 5.75 Å². The van der Waals surface area contributed by atoms with Crippen LogP contribution in [0.3, 0.4) is 0 Å². The maximum Gasteiger partial charge on any atom is 0.122 e. The van der Waals surface area contributed by atoms with Crippen LogP contribution in [-0.4, -0.2) is 6.61 Å². The van der Waals surface area contributed by atoms with Gasteiger partial charge in [0.2, 0.25) is 0 Å². The lowest BCUT2D eigenvalue weighted by Crippen LogP contribution is -2.12. The lowest BCUT2D eigenvalue weighted by molar-refractivity contribution is 0.357. The molecular weight excluding hydrogens is 373 g/mol. The van der Waals surface area contributed by atoms with Crippen LogP contribution in [0.15, 0.2) is 36.4 Å². The summed E-state index contributed by atoms with van der Waals surface area (Å²) >= 11 is 8.37. The summed E-state index contributed by atoms with van der Waals surface area (Å²) in [6.07, 6.45) is 0.962. The molecule has 2 N–H and O–H groups in total. The third kappa shape index (κ3) is 2.59. The Morgan fingerprint density at radius 1 is 1.16 bits per heavy atom. The van der Waals surface area contributed by atoms with E-state index >= 15 is 0 Å². The third-order valence-corrected chi connectivity index (χ3v) is 4.95. The summed E-state index contributed by atoms with van der Waals surface area (Å²) in [6.45, 7) is 0.767. The summed E-state index contributed by atoms with van der Waals surface area (Å²) in [4.78, 5) is 0. The van der Waals surface area contributed by atoms with Gasteiger partial charge in [-0.25, -0.2) is 0 Å². The molecule has 1 aliphatic rings. The molecule has 2 aromatic carbocycles. The van der Waals surface area contributed by atoms with Crippen LogP contribution in [0.2, 0.25) is 5.02 Å². The van der Waals surface area contributed by atoms with Gasteiger partial charge in [0.15, 0.2) is 0 Å². The third-order valence-electron chi connectivity index (χ3n) is 3.38. The quantitative estimate of drug-likeness (QED) is 0.795. The number of hydrogen-bond acceptors (Lipinski definition) is 2. The molecule has 1 aliphatic heterocycles. The largest absolute Gasteiger partial charge is 0.493 e. The Bertz CT molecular complexity index is 630. The van der Waals surface area contributed by atoms with Crippen LogP contribution >= 0.6 is 34.2 Å². The van der Waals surface area contributed by atoms with Crippen molar-refractivity contribution in [2.24, 2.45) is 5.73 Å². The first kappa shape index (κ1) is 13.2. The van der Waals surface area contributed by atoms with Gasteiger partial charge in [0.25, 0.3) is 0 Å². The maximum absolute atomic E-state index is 6.33. The Morgan fingerprint density at radius 2 is 1.89 bits per heavy atom. The van der Waals surface area contributed by atoms with Crippen molar-refractivity contribution < 1.29 is 4.74 Å². The van der Waals surface area contributed by atoms with E-state index in [1.165, 1.54) is 5.56 Å². The van der Waals surface area contributed by atoms with Crippen molar-refractivity contribution in [3.05, 3.63) is 61.7 Å². The number of ether oxygens (including phenoxy) is 1. The molecular formula is C15H13ClINO. The van der Waals surface area contributed by atoms with Crippen molar-refractivity contribution in [1.29, 1.82) is 0 Å². The molecule has 0 amide bonds. The summed E-state index contributed by atoms with van der Waals surface area (Å²) in [5, 5.41) is 0.748. The molecule has 0 radical (unpaired) electrons. The number of nitrogens with two attached hydrogens (primary N) is 1. The van der Waals surface area contributed by atoms with E-state index in [-0.39, 0.29) is 6.04 Å². The molecule has 0 saturated carbocycles. The Kier molecular flexibility index (Phi) is 3.69. The van der Waals surface area contributed by atoms with Crippen molar-refractivity contribution in [3.8, 4) is 5.75 Å². The molecule has 98 valence electrons. The van der Waals surface area contributed by atoms with Gasteiger partial charge in [0.05, 0.1) is 17.7 Å². The van der Waals surface area contributed by atoms with Gasteiger partial charge in [-0.05, 0) is 57.5 Å². The fourth-order valence-corrected chi connectivity index (χ4v) is 2.82. The summed E-state index contributed by atoms with van der Waals surface area (Å²) in [6, 6.07) is 12.0. The molecule has 19 heavy (non-hydrogen) atoms. The molecule has 0 saturated heterocycles. The summed E-state index contributed by atoms with van der Waals surface area (Å²) in [5.41, 5.74) is 9.70. The molecule has 0 aliphatic carbocycles. The van der Waals surface area contributed by atoms with Gasteiger partial charge in [-0.1, -0.05) is 29.8 Å². The molecule has 0 aromatic heterocycles. The molecule has 0 bridgehead atoms. The molecule has 1 heterocycles. The second kappa shape index (κ2) is 5.31. The minimum Gasteiger partial charge on any atom is -0.493 e. The minimum absolute atomic E-state index is 0.152. The Labute approximate surface area is 131 Å². The highest BCUT2D eigenvalue weighted by Gasteiger charge is 2.16. The first-order valence-electron chi connectivity index (χ1n) is 6.11. The minimum atomic E-state index is -0.152. The van der Waals surface area contributed by atoms with Crippen LogP contribution in [0.5, 0.6) is 5.75 Å². The zero-order valence-corrected chi connectivity index (χ0v) is 13.1. The molecule has 2 nitrogen and oxygen atoms in total. The van der Waals surface area contributed by atoms with E-state index in [9.17, 15) is 0 Å². The molecule has 1 unspecified atom stereocenters. The van der Waals surface area contributed by atoms with Gasteiger partial charge in [-0.2, -0.15) is 0 Å². The lowest BCUT2D eigenvalue weighted by Gasteiger charge is -2.14. The van der Waals surface area contributed by atoms with Crippen LogP contribution < -0.4 is 10.5 Å². The average Bonchev–Trinajstić information content (AvgIpc) is 2.88. The van der Waals surface area contributed by atoms with Crippen LogP contribution in [0.1, 0.15) is 22.7 Å². The average molecular weight is 386 g/mol. The first-order chi connectivity index (χ1) is 9.15. The Morgan fingerprint density at radius 3 is 2.68 bits per heavy atom. The number of benzene rings is 2. The van der Waals surface area contributed by atoms with E-state index in [0.29, 0.717) is 0 Å². The smallest absolute Gasteiger partial charge is 0.122 e. The summed E-state index contributed by atoms with van der Waals surface area (Å²) in [7, 11) is 0. The second-order valence-electron chi connectivity index (χ2n) is 4.62. The van der Waals surface area contributed by atoms with Crippen molar-refractivity contribution in [2.75, 3.05) is 6.61 Å². The van der Waals surface area contributed by atoms with E-state index < -0.39 is 0 Å². The zero-order chi connectivity index (χ0) is 13.4. The van der Waals surface area contributed by atoms with Crippen LogP contribution in [0, 0.1) is 3.57 Å². The van der Waals surface area contributed by atoms with E-state index in [1.54, 1.807) is 0 Å². The Balaban J connectivity index is 1.94. The fraction of sp³-hybridized carbons (Fsp3) is 0.200. The van der Waals surface area contributed by atoms with Crippen molar-refractivity contribution in [3.63, 3.8) is 0 Å². The van der Waals surface area contributed by atoms with Crippen LogP contribution in [0.4, 0.5) is 0 Å². The van der Waals surface area contributed by atoms with Gasteiger partial charge in [0, 0.05) is 9.99 Å². The monoisotopic (exact) mass is 385 g/mol. The molecule has 0 spiro atoms. The molecule has 0 fully saturated rings. The summed E-state index contributed by atoms with van der Waals surface area (Å²) < 4.78 is 6.55. The molecule has 3 rings (SSSR count). The predicted octanol–water partition coefficient (Wildman–Crippen LogP) is 3.93. The van der Waals surface area contributed by atoms with Crippen LogP contribution in [-0.2, 0) is 6.42 Å². The SMILES string of the molecule is NC(c1ccc(I)c(Cl)c1)c1ccc2c(c1)CCO2. The maximum atomic E-state index is 6.33. The van der Waals surface area contributed by atoms with Gasteiger partial charge < -0.3 is 10.5 Å². The van der Waals surface area contributed by atoms with Crippen molar-refractivity contribution >= 4 is 34.2 Å². The van der Waals surface area contributed by atoms with E-state index in [1.807, 2.05) is 30.3 Å². The first-order valence-corrected chi connectivity index (χ1v) is 7.57. The highest BCUT2D eigenvalue weighted by Crippen LogP contribution is 2.31. The zero-order valence-electron chi connectivity index (χ0n) is 10.2. The number of hydrogen-bond donors (Lipinski definition) is 1. The topological polar surface area (TPSA) is 35.2 Å². The Hall–Kier alpha value is -0.780. The molecule has 2 aromatic rings. The molecule has 1 atom stereocenters. The lowest BCUT2D eigenvalue weighted by atomic mass is 9.97. The van der Waals surface area contributed by atoms with Gasteiger partial charge >= 0.3 is 0 Å². The number of fused-ring (bicyclic) bond motifs is 1. The van der Waals surface area contributed by atoms with Crippen molar-refractivity contribution in [2.45, 2.75) is 12.5 Å². The van der Waals surface area contributed by atoms with E-state index in [0.717, 1.165) is 38.5 Å². The van der Waals surface area contributed by atoms with Gasteiger partial charge in [-0.15, -0.1) is 0 Å². The summed E-state index contributed by atoms with van der Waals surface area (Å²) in [5.74, 6) is 0.983. The highest BCUT2D eigenvalue weighted by molar-refractivity contribution is 14.1. The standard InChI is InChI=1S/C15H13ClINO/c16-12-8-11(1-3-13(12)17)15(18)10-2-4-14-9(7-10)5-6-19-14/h1-4,7-8,15H,5-6,18H2. The fourth-order valence-electron chi connectivity index (χ4n) is 2.30. The van der Waals surface area contributed by atoms with E-state index in [2.05, 4.69) is 28.7 Å². The highest BCUT2D eigenvalue weighted by atomic mass is 127. The molecule has 4 heteroatoms. The number of rotatable bonds is 2. The number of halogens is 2. The predicted molar refractivity (Wildman–Crippen MR) is 85.8 cm³/mol. The van der Waals surface area contributed by atoms with Gasteiger partial charge in [-0.3, -0.25) is 0 Å². The van der Waals surface area contributed by atoms with Crippen LogP contribution in [0.25, 0.3) is 0 Å². The second-order valence-corrected chi connectivity index (χ2v) is 6.19. The normalized spacial score (nSPS) is 14.9.